The topological polar surface area (TPSA) is 47.8 Å². The maximum atomic E-state index is 12.2. The van der Waals surface area contributed by atoms with Crippen LogP contribution in [0.2, 0.25) is 0 Å². The maximum absolute atomic E-state index is 12.2. The summed E-state index contributed by atoms with van der Waals surface area (Å²) in [7, 11) is 0. The largest absolute Gasteiger partial charge is 0.272 e. The first-order valence-electron chi connectivity index (χ1n) is 5.70. The molecule has 4 heteroatoms. The number of hydrogen-bond donors (Lipinski definition) is 0. The number of rotatable bonds is 2. The summed E-state index contributed by atoms with van der Waals surface area (Å²) in [5, 5.41) is 4.10. The standard InChI is InChI=1S/C14H11N3O/c18-14(9-11-5-2-1-3-6-11)17-13-7-4-8-15-12(13)10-16-17/h1-8,10H,9H2. The molecule has 0 N–H and O–H groups in total. The third kappa shape index (κ3) is 1.88. The Balaban J connectivity index is 1.93. The molecule has 0 aliphatic heterocycles. The summed E-state index contributed by atoms with van der Waals surface area (Å²) in [6, 6.07) is 13.3. The van der Waals surface area contributed by atoms with Crippen LogP contribution < -0.4 is 0 Å². The van der Waals surface area contributed by atoms with Gasteiger partial charge < -0.3 is 0 Å². The molecule has 0 saturated carbocycles. The van der Waals surface area contributed by atoms with Gasteiger partial charge in [-0.1, -0.05) is 30.3 Å². The summed E-state index contributed by atoms with van der Waals surface area (Å²) in [5.74, 6) is -0.0517. The van der Waals surface area contributed by atoms with E-state index in [4.69, 9.17) is 0 Å². The van der Waals surface area contributed by atoms with Crippen LogP contribution in [0.4, 0.5) is 0 Å². The Labute approximate surface area is 104 Å². The molecule has 0 unspecified atom stereocenters. The van der Waals surface area contributed by atoms with Gasteiger partial charge >= 0.3 is 0 Å². The third-order valence-electron chi connectivity index (χ3n) is 2.77. The summed E-state index contributed by atoms with van der Waals surface area (Å²) < 4.78 is 1.41. The van der Waals surface area contributed by atoms with E-state index in [1.54, 1.807) is 18.5 Å². The quantitative estimate of drug-likeness (QED) is 0.687. The van der Waals surface area contributed by atoms with Gasteiger partial charge in [-0.2, -0.15) is 9.78 Å². The van der Waals surface area contributed by atoms with Crippen molar-refractivity contribution in [2.24, 2.45) is 0 Å². The Hall–Kier alpha value is -2.49. The van der Waals surface area contributed by atoms with Gasteiger partial charge in [0.1, 0.15) is 5.52 Å². The lowest BCUT2D eigenvalue weighted by atomic mass is 10.1. The minimum atomic E-state index is -0.0517. The Morgan fingerprint density at radius 1 is 1.11 bits per heavy atom. The van der Waals surface area contributed by atoms with Gasteiger partial charge in [0.2, 0.25) is 0 Å². The van der Waals surface area contributed by atoms with Gasteiger partial charge in [0.25, 0.3) is 5.91 Å². The number of pyridine rings is 1. The number of aromatic nitrogens is 3. The molecule has 2 heterocycles. The highest BCUT2D eigenvalue weighted by atomic mass is 16.2. The number of benzene rings is 1. The van der Waals surface area contributed by atoms with Crippen molar-refractivity contribution in [1.29, 1.82) is 0 Å². The monoisotopic (exact) mass is 237 g/mol. The van der Waals surface area contributed by atoms with Crippen LogP contribution in [0.1, 0.15) is 10.4 Å². The fraction of sp³-hybridized carbons (Fsp3) is 0.0714. The summed E-state index contributed by atoms with van der Waals surface area (Å²) in [6.07, 6.45) is 3.64. The average molecular weight is 237 g/mol. The van der Waals surface area contributed by atoms with Gasteiger partial charge in [-0.3, -0.25) is 9.78 Å². The molecule has 0 spiro atoms. The van der Waals surface area contributed by atoms with E-state index < -0.39 is 0 Å². The van der Waals surface area contributed by atoms with Crippen molar-refractivity contribution in [2.45, 2.75) is 6.42 Å². The number of nitrogens with zero attached hydrogens (tertiary/aromatic N) is 3. The van der Waals surface area contributed by atoms with Crippen LogP contribution in [0.5, 0.6) is 0 Å². The molecule has 2 aromatic heterocycles. The zero-order chi connectivity index (χ0) is 12.4. The van der Waals surface area contributed by atoms with Gasteiger partial charge in [0.05, 0.1) is 18.1 Å². The molecule has 3 aromatic rings. The summed E-state index contributed by atoms with van der Waals surface area (Å²) in [6.45, 7) is 0. The molecule has 3 rings (SSSR count). The molecule has 0 fully saturated rings. The second-order valence-electron chi connectivity index (χ2n) is 4.02. The van der Waals surface area contributed by atoms with Crippen LogP contribution in [-0.2, 0) is 6.42 Å². The van der Waals surface area contributed by atoms with Gasteiger partial charge in [0, 0.05) is 6.20 Å². The lowest BCUT2D eigenvalue weighted by Gasteiger charge is -2.02. The SMILES string of the molecule is O=C(Cc1ccccc1)n1ncc2ncccc21. The van der Waals surface area contributed by atoms with Gasteiger partial charge in [-0.15, -0.1) is 0 Å². The fourth-order valence-corrected chi connectivity index (χ4v) is 1.91. The zero-order valence-corrected chi connectivity index (χ0v) is 9.65. The van der Waals surface area contributed by atoms with Crippen LogP contribution in [0.25, 0.3) is 11.0 Å². The Kier molecular flexibility index (Phi) is 2.61. The Morgan fingerprint density at radius 2 is 1.94 bits per heavy atom. The van der Waals surface area contributed by atoms with Gasteiger partial charge in [0.15, 0.2) is 0 Å². The van der Waals surface area contributed by atoms with Crippen LogP contribution in [0, 0.1) is 0 Å². The van der Waals surface area contributed by atoms with Crippen LogP contribution in [0.3, 0.4) is 0 Å². The first-order chi connectivity index (χ1) is 8.84. The van der Waals surface area contributed by atoms with E-state index in [-0.39, 0.29) is 5.91 Å². The molecular formula is C14H11N3O. The van der Waals surface area contributed by atoms with Crippen molar-refractivity contribution >= 4 is 16.9 Å². The zero-order valence-electron chi connectivity index (χ0n) is 9.65. The van der Waals surface area contributed by atoms with Gasteiger partial charge in [-0.25, -0.2) is 0 Å². The maximum Gasteiger partial charge on any atom is 0.251 e. The van der Waals surface area contributed by atoms with E-state index in [2.05, 4.69) is 10.1 Å². The molecule has 1 aromatic carbocycles. The van der Waals surface area contributed by atoms with E-state index in [1.165, 1.54) is 4.68 Å². The van der Waals surface area contributed by atoms with Gasteiger partial charge in [-0.05, 0) is 17.7 Å². The highest BCUT2D eigenvalue weighted by Gasteiger charge is 2.11. The van der Waals surface area contributed by atoms with E-state index >= 15 is 0 Å². The van der Waals surface area contributed by atoms with E-state index in [9.17, 15) is 4.79 Å². The van der Waals surface area contributed by atoms with Crippen molar-refractivity contribution in [1.82, 2.24) is 14.8 Å². The minimum absolute atomic E-state index is 0.0517. The predicted octanol–water partition coefficient (Wildman–Crippen LogP) is 2.31. The molecule has 0 atom stereocenters. The van der Waals surface area contributed by atoms with Crippen molar-refractivity contribution in [3.63, 3.8) is 0 Å². The fourth-order valence-electron chi connectivity index (χ4n) is 1.91. The summed E-state index contributed by atoms with van der Waals surface area (Å²) in [4.78, 5) is 16.3. The third-order valence-corrected chi connectivity index (χ3v) is 2.77. The van der Waals surface area contributed by atoms with Crippen molar-refractivity contribution in [2.75, 3.05) is 0 Å². The molecule has 0 bridgehead atoms. The first kappa shape index (κ1) is 10.7. The number of carbonyl (C=O) groups is 1. The van der Waals surface area contributed by atoms with Crippen molar-refractivity contribution in [3.8, 4) is 0 Å². The second-order valence-corrected chi connectivity index (χ2v) is 4.02. The second kappa shape index (κ2) is 4.41. The van der Waals surface area contributed by atoms with Crippen molar-refractivity contribution in [3.05, 3.63) is 60.4 Å². The molecule has 88 valence electrons. The van der Waals surface area contributed by atoms with E-state index in [0.717, 1.165) is 16.6 Å². The van der Waals surface area contributed by atoms with Crippen molar-refractivity contribution < 1.29 is 4.79 Å². The minimum Gasteiger partial charge on any atom is -0.272 e. The number of fused-ring (bicyclic) bond motifs is 1. The molecule has 0 saturated heterocycles. The lowest BCUT2D eigenvalue weighted by Crippen LogP contribution is -2.14. The highest BCUT2D eigenvalue weighted by molar-refractivity contribution is 5.90. The number of hydrogen-bond acceptors (Lipinski definition) is 3. The Bertz CT molecular complexity index is 688. The summed E-state index contributed by atoms with van der Waals surface area (Å²) >= 11 is 0. The molecule has 18 heavy (non-hydrogen) atoms. The van der Waals surface area contributed by atoms with Crippen LogP contribution >= 0.6 is 0 Å². The first-order valence-corrected chi connectivity index (χ1v) is 5.70. The smallest absolute Gasteiger partial charge is 0.251 e. The number of carbonyl (C=O) groups excluding carboxylic acids is 1. The predicted molar refractivity (Wildman–Crippen MR) is 68.3 cm³/mol. The Morgan fingerprint density at radius 3 is 2.78 bits per heavy atom. The average Bonchev–Trinajstić information content (AvgIpc) is 2.84. The van der Waals surface area contributed by atoms with E-state index in [0.29, 0.717) is 6.42 Å². The molecule has 4 nitrogen and oxygen atoms in total. The molecule has 0 aliphatic rings. The normalized spacial score (nSPS) is 10.7. The summed E-state index contributed by atoms with van der Waals surface area (Å²) in [5.41, 5.74) is 2.47. The molecule has 0 amide bonds. The van der Waals surface area contributed by atoms with E-state index in [1.807, 2.05) is 36.4 Å². The van der Waals surface area contributed by atoms with Crippen LogP contribution in [0.15, 0.2) is 54.9 Å². The molecular weight excluding hydrogens is 226 g/mol. The molecule has 0 radical (unpaired) electrons. The van der Waals surface area contributed by atoms with Crippen LogP contribution in [-0.4, -0.2) is 20.7 Å². The lowest BCUT2D eigenvalue weighted by molar-refractivity contribution is 0.0904. The molecule has 0 aliphatic carbocycles. The highest BCUT2D eigenvalue weighted by Crippen LogP contribution is 2.11.